The fraction of sp³-hybridized carbons (Fsp3) is 0.579. The number of ether oxygens (including phenoxy) is 2. The van der Waals surface area contributed by atoms with E-state index in [0.29, 0.717) is 38.8 Å². The Kier molecular flexibility index (Phi) is 10.2. The van der Waals surface area contributed by atoms with Crippen molar-refractivity contribution in [3.05, 3.63) is 29.3 Å². The van der Waals surface area contributed by atoms with Crippen molar-refractivity contribution in [3.63, 3.8) is 0 Å². The highest BCUT2D eigenvalue weighted by atomic mass is 16.5. The van der Waals surface area contributed by atoms with Crippen molar-refractivity contribution in [1.29, 1.82) is 0 Å². The van der Waals surface area contributed by atoms with E-state index in [4.69, 9.17) is 9.47 Å². The minimum Gasteiger partial charge on any atom is -0.491 e. The van der Waals surface area contributed by atoms with Crippen LogP contribution in [0.2, 0.25) is 0 Å². The van der Waals surface area contributed by atoms with Gasteiger partial charge in [-0.2, -0.15) is 0 Å². The normalized spacial score (nSPS) is 11.4. The summed E-state index contributed by atoms with van der Waals surface area (Å²) >= 11 is 0. The predicted octanol–water partition coefficient (Wildman–Crippen LogP) is 1.46. The standard InChI is InChI=1S/C19H32N4O3/c1-14(2)18(24)21-8-9-22-19(20-4)23-13-16-7-6-15(3)12-17(16)26-11-10-25-5/h6-7,12,14H,8-11,13H2,1-5H3,(H,21,24)(H2,20,22,23). The van der Waals surface area contributed by atoms with E-state index in [-0.39, 0.29) is 11.8 Å². The zero-order valence-electron chi connectivity index (χ0n) is 16.5. The molecular weight excluding hydrogens is 332 g/mol. The number of methoxy groups -OCH3 is 1. The Balaban J connectivity index is 2.48. The lowest BCUT2D eigenvalue weighted by Crippen LogP contribution is -2.41. The van der Waals surface area contributed by atoms with Gasteiger partial charge in [0.15, 0.2) is 5.96 Å². The molecule has 7 heteroatoms. The van der Waals surface area contributed by atoms with Gasteiger partial charge in [0.25, 0.3) is 0 Å². The smallest absolute Gasteiger partial charge is 0.222 e. The molecule has 3 N–H and O–H groups in total. The molecule has 0 saturated heterocycles. The van der Waals surface area contributed by atoms with Crippen LogP contribution in [-0.4, -0.2) is 52.3 Å². The minimum atomic E-state index is -0.00879. The second kappa shape index (κ2) is 12.1. The quantitative estimate of drug-likeness (QED) is 0.333. The molecule has 146 valence electrons. The fourth-order valence-electron chi connectivity index (χ4n) is 2.15. The van der Waals surface area contributed by atoms with E-state index in [2.05, 4.69) is 27.0 Å². The summed E-state index contributed by atoms with van der Waals surface area (Å²) in [4.78, 5) is 15.7. The number of hydrogen-bond acceptors (Lipinski definition) is 4. The molecule has 0 spiro atoms. The molecule has 7 nitrogen and oxygen atoms in total. The van der Waals surface area contributed by atoms with Crippen LogP contribution >= 0.6 is 0 Å². The molecule has 0 bridgehead atoms. The zero-order chi connectivity index (χ0) is 19.4. The summed E-state index contributed by atoms with van der Waals surface area (Å²) in [7, 11) is 3.37. The first-order valence-corrected chi connectivity index (χ1v) is 8.91. The number of hydrogen-bond donors (Lipinski definition) is 3. The summed E-state index contributed by atoms with van der Waals surface area (Å²) < 4.78 is 10.8. The Morgan fingerprint density at radius 2 is 1.88 bits per heavy atom. The summed E-state index contributed by atoms with van der Waals surface area (Å²) in [5, 5.41) is 9.31. The lowest BCUT2D eigenvalue weighted by atomic mass is 10.1. The van der Waals surface area contributed by atoms with Crippen molar-refractivity contribution >= 4 is 11.9 Å². The Hall–Kier alpha value is -2.28. The third-order valence-electron chi connectivity index (χ3n) is 3.68. The number of aryl methyl sites for hydroxylation is 1. The molecule has 0 atom stereocenters. The summed E-state index contributed by atoms with van der Waals surface area (Å²) in [5.74, 6) is 1.55. The number of carbonyl (C=O) groups excluding carboxylic acids is 1. The maximum absolute atomic E-state index is 11.5. The number of guanidine groups is 1. The van der Waals surface area contributed by atoms with E-state index in [9.17, 15) is 4.79 Å². The van der Waals surface area contributed by atoms with Crippen molar-refractivity contribution in [2.24, 2.45) is 10.9 Å². The van der Waals surface area contributed by atoms with Gasteiger partial charge in [0, 0.05) is 45.3 Å². The van der Waals surface area contributed by atoms with Gasteiger partial charge in [0.1, 0.15) is 12.4 Å². The number of nitrogens with one attached hydrogen (secondary N) is 3. The highest BCUT2D eigenvalue weighted by Crippen LogP contribution is 2.20. The molecule has 1 aromatic rings. The number of carbonyl (C=O) groups is 1. The molecule has 26 heavy (non-hydrogen) atoms. The van der Waals surface area contributed by atoms with Crippen LogP contribution < -0.4 is 20.7 Å². The summed E-state index contributed by atoms with van der Waals surface area (Å²) in [6.07, 6.45) is 0. The van der Waals surface area contributed by atoms with Gasteiger partial charge in [0.05, 0.1) is 6.61 Å². The molecule has 1 amide bonds. The number of benzene rings is 1. The van der Waals surface area contributed by atoms with Crippen LogP contribution in [0.5, 0.6) is 5.75 Å². The Labute approximate surface area is 156 Å². The molecule has 0 saturated carbocycles. The Morgan fingerprint density at radius 1 is 1.15 bits per heavy atom. The van der Waals surface area contributed by atoms with Gasteiger partial charge in [-0.25, -0.2) is 0 Å². The second-order valence-corrected chi connectivity index (χ2v) is 6.25. The van der Waals surface area contributed by atoms with Crippen molar-refractivity contribution in [2.45, 2.75) is 27.3 Å². The van der Waals surface area contributed by atoms with Gasteiger partial charge in [-0.1, -0.05) is 26.0 Å². The molecule has 0 fully saturated rings. The lowest BCUT2D eigenvalue weighted by Gasteiger charge is -2.16. The third kappa shape index (κ3) is 8.20. The molecule has 0 aromatic heterocycles. The molecule has 0 aliphatic carbocycles. The molecule has 0 aliphatic heterocycles. The zero-order valence-corrected chi connectivity index (χ0v) is 16.5. The van der Waals surface area contributed by atoms with Gasteiger partial charge in [-0.15, -0.1) is 0 Å². The van der Waals surface area contributed by atoms with Gasteiger partial charge in [-0.05, 0) is 18.6 Å². The average molecular weight is 364 g/mol. The topological polar surface area (TPSA) is 84.0 Å². The SMILES string of the molecule is CN=C(NCCNC(=O)C(C)C)NCc1ccc(C)cc1OCCOC. The largest absolute Gasteiger partial charge is 0.491 e. The maximum atomic E-state index is 11.5. The first kappa shape index (κ1) is 21.8. The maximum Gasteiger partial charge on any atom is 0.222 e. The highest BCUT2D eigenvalue weighted by molar-refractivity contribution is 5.80. The number of aliphatic imine (C=N–C) groups is 1. The minimum absolute atomic E-state index is 0.00879. The van der Waals surface area contributed by atoms with E-state index in [0.717, 1.165) is 16.9 Å². The molecule has 0 radical (unpaired) electrons. The van der Waals surface area contributed by atoms with Crippen molar-refractivity contribution < 1.29 is 14.3 Å². The first-order valence-electron chi connectivity index (χ1n) is 8.91. The van der Waals surface area contributed by atoms with Crippen LogP contribution in [0, 0.1) is 12.8 Å². The molecule has 0 heterocycles. The Morgan fingerprint density at radius 3 is 2.54 bits per heavy atom. The van der Waals surface area contributed by atoms with Crippen LogP contribution in [-0.2, 0) is 16.1 Å². The van der Waals surface area contributed by atoms with E-state index < -0.39 is 0 Å². The molecule has 0 aliphatic rings. The van der Waals surface area contributed by atoms with E-state index >= 15 is 0 Å². The van der Waals surface area contributed by atoms with E-state index in [1.54, 1.807) is 14.2 Å². The van der Waals surface area contributed by atoms with Crippen LogP contribution in [0.15, 0.2) is 23.2 Å². The molecule has 1 aromatic carbocycles. The summed E-state index contributed by atoms with van der Waals surface area (Å²) in [5.41, 5.74) is 2.19. The van der Waals surface area contributed by atoms with Gasteiger partial charge in [0.2, 0.25) is 5.91 Å². The van der Waals surface area contributed by atoms with E-state index in [1.165, 1.54) is 0 Å². The van der Waals surface area contributed by atoms with Gasteiger partial charge in [-0.3, -0.25) is 9.79 Å². The Bertz CT molecular complexity index is 588. The third-order valence-corrected chi connectivity index (χ3v) is 3.68. The average Bonchev–Trinajstić information content (AvgIpc) is 2.62. The van der Waals surface area contributed by atoms with Crippen molar-refractivity contribution in [3.8, 4) is 5.75 Å². The van der Waals surface area contributed by atoms with Crippen LogP contribution in [0.25, 0.3) is 0 Å². The van der Waals surface area contributed by atoms with Gasteiger partial charge >= 0.3 is 0 Å². The highest BCUT2D eigenvalue weighted by Gasteiger charge is 2.07. The molecular formula is C19H32N4O3. The van der Waals surface area contributed by atoms with E-state index in [1.807, 2.05) is 32.9 Å². The van der Waals surface area contributed by atoms with Crippen molar-refractivity contribution in [2.75, 3.05) is 40.5 Å². The monoisotopic (exact) mass is 364 g/mol. The van der Waals surface area contributed by atoms with Crippen LogP contribution in [0.4, 0.5) is 0 Å². The summed E-state index contributed by atoms with van der Waals surface area (Å²) in [6, 6.07) is 6.11. The van der Waals surface area contributed by atoms with Crippen molar-refractivity contribution in [1.82, 2.24) is 16.0 Å². The number of amides is 1. The second-order valence-electron chi connectivity index (χ2n) is 6.25. The molecule has 0 unspecified atom stereocenters. The molecule has 1 rings (SSSR count). The predicted molar refractivity (Wildman–Crippen MR) is 105 cm³/mol. The van der Waals surface area contributed by atoms with Gasteiger partial charge < -0.3 is 25.4 Å². The van der Waals surface area contributed by atoms with Crippen LogP contribution in [0.3, 0.4) is 0 Å². The fourth-order valence-corrected chi connectivity index (χ4v) is 2.15. The first-order chi connectivity index (χ1) is 12.5. The number of rotatable bonds is 10. The lowest BCUT2D eigenvalue weighted by molar-refractivity contribution is -0.123. The number of nitrogens with zero attached hydrogens (tertiary/aromatic N) is 1. The van der Waals surface area contributed by atoms with Crippen LogP contribution in [0.1, 0.15) is 25.0 Å². The summed E-state index contributed by atoms with van der Waals surface area (Å²) in [6.45, 7) is 8.57.